The predicted molar refractivity (Wildman–Crippen MR) is 80.3 cm³/mol. The number of aromatic nitrogens is 1. The van der Waals surface area contributed by atoms with Gasteiger partial charge in [0.15, 0.2) is 5.78 Å². The molecule has 0 saturated carbocycles. The molecule has 0 aliphatic rings. The Bertz CT molecular complexity index is 593. The van der Waals surface area contributed by atoms with Gasteiger partial charge in [-0.3, -0.25) is 9.59 Å². The summed E-state index contributed by atoms with van der Waals surface area (Å²) in [5.41, 5.74) is 0.939. The minimum absolute atomic E-state index is 0.0556. The summed E-state index contributed by atoms with van der Waals surface area (Å²) in [5, 5.41) is 2.82. The van der Waals surface area contributed by atoms with Crippen molar-refractivity contribution in [3.63, 3.8) is 0 Å². The molecule has 2 rings (SSSR count). The molecule has 0 aliphatic carbocycles. The summed E-state index contributed by atoms with van der Waals surface area (Å²) in [6.07, 6.45) is 1.55. The van der Waals surface area contributed by atoms with Gasteiger partial charge in [0.25, 0.3) is 5.91 Å². The maximum atomic E-state index is 11.8. The largest absolute Gasteiger partial charge is 0.356 e. The lowest BCUT2D eigenvalue weighted by atomic mass is 10.2. The molecule has 5 heteroatoms. The van der Waals surface area contributed by atoms with E-state index in [1.165, 1.54) is 11.8 Å². The number of benzene rings is 1. The van der Waals surface area contributed by atoms with Crippen LogP contribution >= 0.6 is 11.8 Å². The Morgan fingerprint density at radius 1 is 1.25 bits per heavy atom. The third-order valence-corrected chi connectivity index (χ3v) is 3.75. The predicted octanol–water partition coefficient (Wildman–Crippen LogP) is 2.74. The van der Waals surface area contributed by atoms with Crippen LogP contribution in [0, 0.1) is 0 Å². The van der Waals surface area contributed by atoms with Gasteiger partial charge in [0.1, 0.15) is 5.69 Å². The summed E-state index contributed by atoms with van der Waals surface area (Å²) in [5.74, 6) is 0.557. The molecule has 2 N–H and O–H groups in total. The first-order valence-corrected chi connectivity index (χ1v) is 7.31. The molecular formula is C15H16N2O2S. The third-order valence-electron chi connectivity index (χ3n) is 2.73. The van der Waals surface area contributed by atoms with Gasteiger partial charge < -0.3 is 10.3 Å². The summed E-state index contributed by atoms with van der Waals surface area (Å²) < 4.78 is 0. The van der Waals surface area contributed by atoms with Crippen molar-refractivity contribution in [3.8, 4) is 0 Å². The van der Waals surface area contributed by atoms with Crippen molar-refractivity contribution in [2.45, 2.75) is 11.8 Å². The average molecular weight is 288 g/mol. The van der Waals surface area contributed by atoms with Crippen LogP contribution in [-0.2, 0) is 0 Å². The van der Waals surface area contributed by atoms with E-state index in [0.717, 1.165) is 5.75 Å². The number of amides is 1. The highest BCUT2D eigenvalue weighted by Crippen LogP contribution is 2.15. The van der Waals surface area contributed by atoms with Gasteiger partial charge in [-0.15, -0.1) is 11.8 Å². The van der Waals surface area contributed by atoms with Crippen molar-refractivity contribution in [3.05, 3.63) is 53.9 Å². The first kappa shape index (κ1) is 14.4. The molecule has 0 aliphatic heterocycles. The van der Waals surface area contributed by atoms with E-state index in [1.54, 1.807) is 24.0 Å². The molecule has 1 aromatic carbocycles. The summed E-state index contributed by atoms with van der Waals surface area (Å²) >= 11 is 1.69. The number of aromatic amines is 1. The fourth-order valence-corrected chi connectivity index (χ4v) is 2.46. The average Bonchev–Trinajstić information content (AvgIpc) is 2.94. The summed E-state index contributed by atoms with van der Waals surface area (Å²) in [4.78, 5) is 27.0. The molecule has 0 unspecified atom stereocenters. The molecule has 4 nitrogen and oxygen atoms in total. The maximum Gasteiger partial charge on any atom is 0.267 e. The second-order valence-corrected chi connectivity index (χ2v) is 5.44. The molecule has 1 aromatic heterocycles. The Morgan fingerprint density at radius 3 is 2.65 bits per heavy atom. The van der Waals surface area contributed by atoms with Crippen LogP contribution < -0.4 is 5.32 Å². The number of thioether (sulfide) groups is 1. The molecule has 0 radical (unpaired) electrons. The van der Waals surface area contributed by atoms with Gasteiger partial charge in [-0.05, 0) is 25.1 Å². The monoisotopic (exact) mass is 288 g/mol. The number of H-pyrrole nitrogens is 1. The second-order valence-electron chi connectivity index (χ2n) is 4.28. The molecule has 1 heterocycles. The van der Waals surface area contributed by atoms with Crippen molar-refractivity contribution >= 4 is 23.5 Å². The van der Waals surface area contributed by atoms with Crippen LogP contribution in [0.15, 0.2) is 47.5 Å². The lowest BCUT2D eigenvalue weighted by Crippen LogP contribution is -2.25. The van der Waals surface area contributed by atoms with Gasteiger partial charge in [0, 0.05) is 29.0 Å². The normalized spacial score (nSPS) is 10.2. The number of hydrogen-bond acceptors (Lipinski definition) is 3. The van der Waals surface area contributed by atoms with E-state index in [2.05, 4.69) is 10.3 Å². The standard InChI is InChI=1S/C15H16N2O2S/c1-11(18)12-9-14(17-10-12)15(19)16-7-8-20-13-5-3-2-4-6-13/h2-6,9-10,17H,7-8H2,1H3,(H,16,19). The van der Waals surface area contributed by atoms with Crippen LogP contribution in [0.1, 0.15) is 27.8 Å². The van der Waals surface area contributed by atoms with E-state index in [0.29, 0.717) is 17.8 Å². The SMILES string of the molecule is CC(=O)c1c[nH]c(C(=O)NCCSc2ccccc2)c1. The number of hydrogen-bond donors (Lipinski definition) is 2. The minimum atomic E-state index is -0.189. The zero-order valence-corrected chi connectivity index (χ0v) is 12.0. The van der Waals surface area contributed by atoms with Crippen molar-refractivity contribution < 1.29 is 9.59 Å². The Morgan fingerprint density at radius 2 is 2.00 bits per heavy atom. The molecule has 0 atom stereocenters. The Hall–Kier alpha value is -2.01. The van der Waals surface area contributed by atoms with Crippen LogP contribution in [0.3, 0.4) is 0 Å². The van der Waals surface area contributed by atoms with Crippen LogP contribution in [0.4, 0.5) is 0 Å². The van der Waals surface area contributed by atoms with Gasteiger partial charge >= 0.3 is 0 Å². The summed E-state index contributed by atoms with van der Waals surface area (Å²) in [7, 11) is 0. The molecule has 2 aromatic rings. The number of carbonyl (C=O) groups excluding carboxylic acids is 2. The van der Waals surface area contributed by atoms with Gasteiger partial charge in [0.2, 0.25) is 0 Å². The van der Waals surface area contributed by atoms with E-state index < -0.39 is 0 Å². The molecule has 0 bridgehead atoms. The number of carbonyl (C=O) groups is 2. The second kappa shape index (κ2) is 6.96. The fourth-order valence-electron chi connectivity index (χ4n) is 1.67. The third kappa shape index (κ3) is 3.99. The number of Topliss-reactive ketones (excluding diaryl/α,β-unsaturated/α-hetero) is 1. The van der Waals surface area contributed by atoms with Crippen molar-refractivity contribution in [1.29, 1.82) is 0 Å². The fraction of sp³-hybridized carbons (Fsp3) is 0.200. The minimum Gasteiger partial charge on any atom is -0.356 e. The summed E-state index contributed by atoms with van der Waals surface area (Å²) in [6, 6.07) is 11.6. The maximum absolute atomic E-state index is 11.8. The van der Waals surface area contributed by atoms with Crippen molar-refractivity contribution in [2.75, 3.05) is 12.3 Å². The van der Waals surface area contributed by atoms with Crippen LogP contribution in [0.25, 0.3) is 0 Å². The van der Waals surface area contributed by atoms with E-state index in [4.69, 9.17) is 0 Å². The molecule has 0 fully saturated rings. The van der Waals surface area contributed by atoms with Gasteiger partial charge in [0.05, 0.1) is 0 Å². The van der Waals surface area contributed by atoms with Crippen LogP contribution in [-0.4, -0.2) is 29.0 Å². The van der Waals surface area contributed by atoms with Gasteiger partial charge in [-0.1, -0.05) is 18.2 Å². The van der Waals surface area contributed by atoms with E-state index in [1.807, 2.05) is 30.3 Å². The van der Waals surface area contributed by atoms with Crippen molar-refractivity contribution in [1.82, 2.24) is 10.3 Å². The molecule has 20 heavy (non-hydrogen) atoms. The first-order chi connectivity index (χ1) is 9.66. The highest BCUT2D eigenvalue weighted by Gasteiger charge is 2.09. The first-order valence-electron chi connectivity index (χ1n) is 6.32. The Kier molecular flexibility index (Phi) is 5.01. The molecular weight excluding hydrogens is 272 g/mol. The van der Waals surface area contributed by atoms with E-state index in [-0.39, 0.29) is 11.7 Å². The number of ketones is 1. The van der Waals surface area contributed by atoms with Gasteiger partial charge in [-0.25, -0.2) is 0 Å². The number of rotatable bonds is 6. The lowest BCUT2D eigenvalue weighted by Gasteiger charge is -2.03. The highest BCUT2D eigenvalue weighted by molar-refractivity contribution is 7.99. The Labute approximate surface area is 122 Å². The molecule has 0 spiro atoms. The molecule has 104 valence electrons. The lowest BCUT2D eigenvalue weighted by molar-refractivity contribution is 0.0951. The quantitative estimate of drug-likeness (QED) is 0.488. The van der Waals surface area contributed by atoms with Crippen LogP contribution in [0.2, 0.25) is 0 Å². The molecule has 0 saturated heterocycles. The summed E-state index contributed by atoms with van der Waals surface area (Å²) in [6.45, 7) is 2.05. The molecule has 1 amide bonds. The highest BCUT2D eigenvalue weighted by atomic mass is 32.2. The van der Waals surface area contributed by atoms with Crippen LogP contribution in [0.5, 0.6) is 0 Å². The topological polar surface area (TPSA) is 62.0 Å². The number of nitrogens with one attached hydrogen (secondary N) is 2. The zero-order valence-electron chi connectivity index (χ0n) is 11.2. The van der Waals surface area contributed by atoms with E-state index >= 15 is 0 Å². The smallest absolute Gasteiger partial charge is 0.267 e. The van der Waals surface area contributed by atoms with Gasteiger partial charge in [-0.2, -0.15) is 0 Å². The zero-order chi connectivity index (χ0) is 14.4. The van der Waals surface area contributed by atoms with Crippen molar-refractivity contribution in [2.24, 2.45) is 0 Å². The van der Waals surface area contributed by atoms with E-state index in [9.17, 15) is 9.59 Å². The Balaban J connectivity index is 1.76.